The van der Waals surface area contributed by atoms with E-state index in [0.29, 0.717) is 5.65 Å². The summed E-state index contributed by atoms with van der Waals surface area (Å²) in [6, 6.07) is 3.34. The first kappa shape index (κ1) is 5.29. The normalized spacial score (nSPS) is 10.4. The molecule has 49 valence electrons. The van der Waals surface area contributed by atoms with Crippen molar-refractivity contribution in [1.82, 2.24) is 9.38 Å². The monoisotopic (exact) mass is 133 g/mol. The first-order valence-corrected chi connectivity index (χ1v) is 2.90. The van der Waals surface area contributed by atoms with E-state index in [1.54, 1.807) is 28.9 Å². The molecule has 0 bridgehead atoms. The number of aromatic nitrogens is 2. The van der Waals surface area contributed by atoms with Gasteiger partial charge in [-0.15, -0.1) is 0 Å². The standard InChI is InChI=1S/C7H5N2O/c10-6-2-1-4-9-5-3-8-7(6)9/h1-2,4-5,10H. The molecule has 1 radical (unpaired) electrons. The van der Waals surface area contributed by atoms with Crippen molar-refractivity contribution in [3.05, 3.63) is 30.7 Å². The molecule has 3 heteroatoms. The van der Waals surface area contributed by atoms with Crippen molar-refractivity contribution in [2.75, 3.05) is 0 Å². The largest absolute Gasteiger partial charge is 0.504 e. The highest BCUT2D eigenvalue weighted by molar-refractivity contribution is 5.51. The summed E-state index contributed by atoms with van der Waals surface area (Å²) < 4.78 is 1.70. The highest BCUT2D eigenvalue weighted by atomic mass is 16.3. The lowest BCUT2D eigenvalue weighted by atomic mass is 10.4. The molecule has 0 aliphatic carbocycles. The fraction of sp³-hybridized carbons (Fsp3) is 0. The summed E-state index contributed by atoms with van der Waals surface area (Å²) in [6.45, 7) is 0. The lowest BCUT2D eigenvalue weighted by molar-refractivity contribution is 0.477. The molecular formula is C7H5N2O. The van der Waals surface area contributed by atoms with Gasteiger partial charge in [-0.1, -0.05) is 0 Å². The van der Waals surface area contributed by atoms with Crippen molar-refractivity contribution in [1.29, 1.82) is 0 Å². The third-order valence-electron chi connectivity index (χ3n) is 1.34. The lowest BCUT2D eigenvalue weighted by Crippen LogP contribution is -1.80. The molecule has 3 nitrogen and oxygen atoms in total. The summed E-state index contributed by atoms with van der Waals surface area (Å²) in [5.74, 6) is 0.184. The number of aromatic hydroxyl groups is 1. The predicted octanol–water partition coefficient (Wildman–Crippen LogP) is 0.840. The van der Waals surface area contributed by atoms with E-state index < -0.39 is 0 Å². The van der Waals surface area contributed by atoms with Crippen LogP contribution in [0.25, 0.3) is 5.65 Å². The molecule has 0 atom stereocenters. The van der Waals surface area contributed by atoms with E-state index in [1.807, 2.05) is 0 Å². The summed E-state index contributed by atoms with van der Waals surface area (Å²) in [5, 5.41) is 9.16. The van der Waals surface area contributed by atoms with E-state index in [1.165, 1.54) is 0 Å². The minimum atomic E-state index is 0.184. The van der Waals surface area contributed by atoms with Crippen LogP contribution in [0.4, 0.5) is 0 Å². The maximum Gasteiger partial charge on any atom is 0.180 e. The van der Waals surface area contributed by atoms with Gasteiger partial charge in [-0.3, -0.25) is 0 Å². The van der Waals surface area contributed by atoms with E-state index in [9.17, 15) is 0 Å². The SMILES string of the molecule is Oc1cccn2c[c]nc12. The zero-order valence-corrected chi connectivity index (χ0v) is 5.15. The molecule has 0 unspecified atom stereocenters. The van der Waals surface area contributed by atoms with E-state index in [2.05, 4.69) is 11.2 Å². The number of fused-ring (bicyclic) bond motifs is 1. The van der Waals surface area contributed by atoms with Crippen molar-refractivity contribution >= 4 is 5.65 Å². The average Bonchev–Trinajstić information content (AvgIpc) is 2.36. The first-order valence-electron chi connectivity index (χ1n) is 2.90. The van der Waals surface area contributed by atoms with Crippen LogP contribution in [-0.4, -0.2) is 14.5 Å². The van der Waals surface area contributed by atoms with Crippen molar-refractivity contribution in [2.24, 2.45) is 0 Å². The average molecular weight is 133 g/mol. The molecule has 0 saturated heterocycles. The molecule has 1 N–H and O–H groups in total. The van der Waals surface area contributed by atoms with Gasteiger partial charge in [0.05, 0.1) is 0 Å². The molecule has 2 aromatic rings. The molecule has 2 heterocycles. The van der Waals surface area contributed by atoms with Crippen LogP contribution in [0.1, 0.15) is 0 Å². The number of nitrogens with zero attached hydrogens (tertiary/aromatic N) is 2. The van der Waals surface area contributed by atoms with Crippen LogP contribution in [0.3, 0.4) is 0 Å². The highest BCUT2D eigenvalue weighted by Crippen LogP contribution is 2.13. The Morgan fingerprint density at radius 2 is 2.50 bits per heavy atom. The Labute approximate surface area is 57.6 Å². The Hall–Kier alpha value is -1.51. The lowest BCUT2D eigenvalue weighted by Gasteiger charge is -1.92. The maximum absolute atomic E-state index is 9.16. The van der Waals surface area contributed by atoms with Crippen LogP contribution in [-0.2, 0) is 0 Å². The van der Waals surface area contributed by atoms with E-state index >= 15 is 0 Å². The maximum atomic E-state index is 9.16. The van der Waals surface area contributed by atoms with Gasteiger partial charge in [0.15, 0.2) is 11.4 Å². The molecule has 0 spiro atoms. The Kier molecular flexibility index (Phi) is 0.917. The van der Waals surface area contributed by atoms with Crippen molar-refractivity contribution in [3.8, 4) is 5.75 Å². The van der Waals surface area contributed by atoms with Gasteiger partial charge in [-0.2, -0.15) is 0 Å². The molecule has 0 aromatic carbocycles. The summed E-state index contributed by atoms with van der Waals surface area (Å²) in [5.41, 5.74) is 0.544. The third kappa shape index (κ3) is 0.572. The first-order chi connectivity index (χ1) is 4.88. The van der Waals surface area contributed by atoms with Gasteiger partial charge < -0.3 is 9.51 Å². The molecule has 0 amide bonds. The number of hydrogen-bond acceptors (Lipinski definition) is 2. The molecule has 2 rings (SSSR count). The number of hydrogen-bond donors (Lipinski definition) is 1. The van der Waals surface area contributed by atoms with Crippen LogP contribution in [0, 0.1) is 6.20 Å². The second-order valence-electron chi connectivity index (χ2n) is 1.99. The fourth-order valence-corrected chi connectivity index (χ4v) is 0.876. The number of pyridine rings is 1. The van der Waals surface area contributed by atoms with Crippen molar-refractivity contribution in [2.45, 2.75) is 0 Å². The minimum absolute atomic E-state index is 0.184. The third-order valence-corrected chi connectivity index (χ3v) is 1.34. The second-order valence-corrected chi connectivity index (χ2v) is 1.99. The van der Waals surface area contributed by atoms with Crippen LogP contribution < -0.4 is 0 Å². The Bertz CT molecular complexity index is 353. The van der Waals surface area contributed by atoms with Crippen LogP contribution in [0.5, 0.6) is 5.75 Å². The van der Waals surface area contributed by atoms with Gasteiger partial charge in [-0.05, 0) is 12.1 Å². The zero-order chi connectivity index (χ0) is 6.97. The minimum Gasteiger partial charge on any atom is -0.504 e. The zero-order valence-electron chi connectivity index (χ0n) is 5.15. The van der Waals surface area contributed by atoms with Crippen LogP contribution in [0.2, 0.25) is 0 Å². The molecule has 0 aliphatic heterocycles. The Morgan fingerprint density at radius 1 is 1.60 bits per heavy atom. The highest BCUT2D eigenvalue weighted by Gasteiger charge is 1.96. The molecule has 0 saturated carbocycles. The smallest absolute Gasteiger partial charge is 0.180 e. The summed E-state index contributed by atoms with van der Waals surface area (Å²) in [7, 11) is 0. The quantitative estimate of drug-likeness (QED) is 0.578. The molecular weight excluding hydrogens is 128 g/mol. The van der Waals surface area contributed by atoms with Crippen LogP contribution in [0.15, 0.2) is 24.5 Å². The molecule has 0 fully saturated rings. The molecule has 10 heavy (non-hydrogen) atoms. The number of rotatable bonds is 0. The summed E-state index contributed by atoms with van der Waals surface area (Å²) in [4.78, 5) is 3.81. The Morgan fingerprint density at radius 3 is 3.30 bits per heavy atom. The van der Waals surface area contributed by atoms with Gasteiger partial charge in [0, 0.05) is 12.4 Å². The Balaban J connectivity index is 2.95. The van der Waals surface area contributed by atoms with Gasteiger partial charge in [0.25, 0.3) is 0 Å². The molecule has 0 aliphatic rings. The predicted molar refractivity (Wildman–Crippen MR) is 35.7 cm³/mol. The summed E-state index contributed by atoms with van der Waals surface area (Å²) in [6.07, 6.45) is 6.10. The molecule has 2 aromatic heterocycles. The van der Waals surface area contributed by atoms with Gasteiger partial charge in [-0.25, -0.2) is 4.98 Å². The van der Waals surface area contributed by atoms with Gasteiger partial charge in [0.1, 0.15) is 6.20 Å². The fourth-order valence-electron chi connectivity index (χ4n) is 0.876. The van der Waals surface area contributed by atoms with Crippen molar-refractivity contribution < 1.29 is 5.11 Å². The topological polar surface area (TPSA) is 37.5 Å². The van der Waals surface area contributed by atoms with E-state index in [4.69, 9.17) is 5.11 Å². The second kappa shape index (κ2) is 1.73. The number of imidazole rings is 1. The van der Waals surface area contributed by atoms with Crippen LogP contribution >= 0.6 is 0 Å². The van der Waals surface area contributed by atoms with Gasteiger partial charge in [0.2, 0.25) is 0 Å². The van der Waals surface area contributed by atoms with E-state index in [-0.39, 0.29) is 5.75 Å². The van der Waals surface area contributed by atoms with Crippen molar-refractivity contribution in [3.63, 3.8) is 0 Å². The summed E-state index contributed by atoms with van der Waals surface area (Å²) >= 11 is 0. The van der Waals surface area contributed by atoms with E-state index in [0.717, 1.165) is 0 Å². The van der Waals surface area contributed by atoms with Gasteiger partial charge >= 0.3 is 0 Å².